The molecule has 0 radical (unpaired) electrons. The first-order chi connectivity index (χ1) is 10.6. The molecule has 1 amide bonds. The number of benzene rings is 1. The fraction of sp³-hybridized carbons (Fsp3) is 0.333. The fourth-order valence-electron chi connectivity index (χ4n) is 2.86. The van der Waals surface area contributed by atoms with Crippen molar-refractivity contribution in [2.24, 2.45) is 0 Å². The van der Waals surface area contributed by atoms with E-state index in [1.165, 1.54) is 22.5 Å². The van der Waals surface area contributed by atoms with Gasteiger partial charge in [-0.2, -0.15) is 0 Å². The number of hydrogen-bond acceptors (Lipinski definition) is 3. The number of carbonyl (C=O) groups excluding carboxylic acids is 2. The van der Waals surface area contributed by atoms with Gasteiger partial charge in [0.2, 0.25) is 5.91 Å². The summed E-state index contributed by atoms with van der Waals surface area (Å²) in [6, 6.07) is 10.3. The third-order valence-corrected chi connectivity index (χ3v) is 5.21. The standard InChI is InChI=1S/C18H19NO2S/c1-13(20)17-10-14(12-22-17)11-18(21)19-8-6-15-4-2-3-5-16(15)7-9-19/h2-5,10,12H,6-9,11H2,1H3. The lowest BCUT2D eigenvalue weighted by molar-refractivity contribution is -0.130. The van der Waals surface area contributed by atoms with Crippen LogP contribution in [0.1, 0.15) is 33.3 Å². The van der Waals surface area contributed by atoms with Crippen LogP contribution < -0.4 is 0 Å². The van der Waals surface area contributed by atoms with Crippen LogP contribution in [-0.4, -0.2) is 29.7 Å². The van der Waals surface area contributed by atoms with Crippen molar-refractivity contribution in [3.05, 3.63) is 57.3 Å². The third kappa shape index (κ3) is 3.28. The van der Waals surface area contributed by atoms with E-state index >= 15 is 0 Å². The molecule has 1 aliphatic rings. The van der Waals surface area contributed by atoms with E-state index in [4.69, 9.17) is 0 Å². The molecular formula is C18H19NO2S. The molecule has 3 nitrogen and oxygen atoms in total. The third-order valence-electron chi connectivity index (χ3n) is 4.13. The Balaban J connectivity index is 1.64. The van der Waals surface area contributed by atoms with E-state index in [2.05, 4.69) is 24.3 Å². The van der Waals surface area contributed by atoms with Crippen LogP contribution in [0.25, 0.3) is 0 Å². The number of fused-ring (bicyclic) bond motifs is 1. The summed E-state index contributed by atoms with van der Waals surface area (Å²) in [5.41, 5.74) is 3.65. The highest BCUT2D eigenvalue weighted by molar-refractivity contribution is 7.12. The maximum Gasteiger partial charge on any atom is 0.227 e. The highest BCUT2D eigenvalue weighted by Gasteiger charge is 2.19. The van der Waals surface area contributed by atoms with Gasteiger partial charge in [0.05, 0.1) is 11.3 Å². The number of Topliss-reactive ketones (excluding diaryl/α,β-unsaturated/α-hetero) is 1. The summed E-state index contributed by atoms with van der Waals surface area (Å²) in [4.78, 5) is 26.5. The molecule has 1 aliphatic heterocycles. The Morgan fingerprint density at radius 3 is 2.32 bits per heavy atom. The van der Waals surface area contributed by atoms with Gasteiger partial charge >= 0.3 is 0 Å². The van der Waals surface area contributed by atoms with E-state index in [-0.39, 0.29) is 11.7 Å². The number of thiophene rings is 1. The average molecular weight is 313 g/mol. The second-order valence-electron chi connectivity index (χ2n) is 5.70. The normalized spacial score (nSPS) is 14.3. The molecule has 4 heteroatoms. The number of hydrogen-bond donors (Lipinski definition) is 0. The number of nitrogens with zero attached hydrogens (tertiary/aromatic N) is 1. The van der Waals surface area contributed by atoms with Crippen LogP contribution >= 0.6 is 11.3 Å². The second kappa shape index (κ2) is 6.44. The van der Waals surface area contributed by atoms with Crippen LogP contribution in [0.4, 0.5) is 0 Å². The van der Waals surface area contributed by atoms with Crippen molar-refractivity contribution in [1.82, 2.24) is 4.90 Å². The minimum absolute atomic E-state index is 0.0638. The van der Waals surface area contributed by atoms with Crippen LogP contribution in [0.15, 0.2) is 35.7 Å². The van der Waals surface area contributed by atoms with Crippen molar-refractivity contribution >= 4 is 23.0 Å². The summed E-state index contributed by atoms with van der Waals surface area (Å²) in [7, 11) is 0. The predicted molar refractivity (Wildman–Crippen MR) is 88.5 cm³/mol. The molecule has 0 unspecified atom stereocenters. The van der Waals surface area contributed by atoms with Gasteiger partial charge in [-0.25, -0.2) is 0 Å². The minimum atomic E-state index is 0.0638. The maximum absolute atomic E-state index is 12.5. The summed E-state index contributed by atoms with van der Waals surface area (Å²) in [5.74, 6) is 0.217. The lowest BCUT2D eigenvalue weighted by Crippen LogP contribution is -2.34. The highest BCUT2D eigenvalue weighted by atomic mass is 32.1. The zero-order chi connectivity index (χ0) is 15.5. The van der Waals surface area contributed by atoms with Gasteiger partial charge < -0.3 is 4.90 Å². The van der Waals surface area contributed by atoms with Crippen LogP contribution in [0.3, 0.4) is 0 Å². The molecule has 1 aromatic heterocycles. The maximum atomic E-state index is 12.5. The van der Waals surface area contributed by atoms with Crippen molar-refractivity contribution in [3.8, 4) is 0 Å². The number of ketones is 1. The lowest BCUT2D eigenvalue weighted by atomic mass is 10.0. The molecule has 0 saturated carbocycles. The van der Waals surface area contributed by atoms with Gasteiger partial charge in [-0.15, -0.1) is 11.3 Å². The molecule has 2 aromatic rings. The van der Waals surface area contributed by atoms with Gasteiger partial charge in [-0.1, -0.05) is 24.3 Å². The summed E-state index contributed by atoms with van der Waals surface area (Å²) < 4.78 is 0. The largest absolute Gasteiger partial charge is 0.342 e. The van der Waals surface area contributed by atoms with Gasteiger partial charge in [0.15, 0.2) is 5.78 Å². The summed E-state index contributed by atoms with van der Waals surface area (Å²) in [6.07, 6.45) is 2.23. The first-order valence-corrected chi connectivity index (χ1v) is 8.44. The Morgan fingerprint density at radius 2 is 1.77 bits per heavy atom. The topological polar surface area (TPSA) is 37.4 Å². The van der Waals surface area contributed by atoms with Crippen molar-refractivity contribution in [2.45, 2.75) is 26.2 Å². The monoisotopic (exact) mass is 313 g/mol. The van der Waals surface area contributed by atoms with E-state index in [9.17, 15) is 9.59 Å². The molecule has 0 bridgehead atoms. The zero-order valence-electron chi connectivity index (χ0n) is 12.7. The quantitative estimate of drug-likeness (QED) is 0.817. The van der Waals surface area contributed by atoms with E-state index in [1.807, 2.05) is 16.3 Å². The zero-order valence-corrected chi connectivity index (χ0v) is 13.5. The molecule has 0 spiro atoms. The average Bonchev–Trinajstić information content (AvgIpc) is 2.86. The SMILES string of the molecule is CC(=O)c1cc(CC(=O)N2CCc3ccccc3CC2)cs1. The van der Waals surface area contributed by atoms with Gasteiger partial charge in [-0.3, -0.25) is 9.59 Å². The Labute approximate surface area is 134 Å². The molecule has 0 atom stereocenters. The second-order valence-corrected chi connectivity index (χ2v) is 6.61. The molecule has 0 aliphatic carbocycles. The Hall–Kier alpha value is -1.94. The molecule has 2 heterocycles. The van der Waals surface area contributed by atoms with E-state index < -0.39 is 0 Å². The van der Waals surface area contributed by atoms with Crippen molar-refractivity contribution in [2.75, 3.05) is 13.1 Å². The van der Waals surface area contributed by atoms with Crippen LogP contribution in [0, 0.1) is 0 Å². The first kappa shape index (κ1) is 15.0. The van der Waals surface area contributed by atoms with Gasteiger partial charge in [-0.05, 0) is 47.9 Å². The number of amides is 1. The molecule has 0 N–H and O–H groups in total. The number of rotatable bonds is 3. The summed E-state index contributed by atoms with van der Waals surface area (Å²) in [6.45, 7) is 3.11. The molecule has 0 fully saturated rings. The van der Waals surface area contributed by atoms with Crippen LogP contribution in [-0.2, 0) is 24.1 Å². The molecular weight excluding hydrogens is 294 g/mol. The summed E-state index contributed by atoms with van der Waals surface area (Å²) >= 11 is 1.42. The number of carbonyl (C=O) groups is 2. The fourth-order valence-corrected chi connectivity index (χ4v) is 3.67. The van der Waals surface area contributed by atoms with Crippen LogP contribution in [0.5, 0.6) is 0 Å². The molecule has 22 heavy (non-hydrogen) atoms. The smallest absolute Gasteiger partial charge is 0.227 e. The van der Waals surface area contributed by atoms with Crippen molar-refractivity contribution < 1.29 is 9.59 Å². The van der Waals surface area contributed by atoms with E-state index in [1.54, 1.807) is 6.92 Å². The molecule has 3 rings (SSSR count). The molecule has 1 aromatic carbocycles. The minimum Gasteiger partial charge on any atom is -0.342 e. The first-order valence-electron chi connectivity index (χ1n) is 7.56. The van der Waals surface area contributed by atoms with E-state index in [0.29, 0.717) is 6.42 Å². The Morgan fingerprint density at radius 1 is 1.14 bits per heavy atom. The van der Waals surface area contributed by atoms with Gasteiger partial charge in [0.25, 0.3) is 0 Å². The Bertz CT molecular complexity index is 678. The summed E-state index contributed by atoms with van der Waals surface area (Å²) in [5, 5.41) is 1.92. The van der Waals surface area contributed by atoms with Crippen LogP contribution in [0.2, 0.25) is 0 Å². The molecule has 114 valence electrons. The van der Waals surface area contributed by atoms with Crippen molar-refractivity contribution in [1.29, 1.82) is 0 Å². The Kier molecular flexibility index (Phi) is 4.39. The lowest BCUT2D eigenvalue weighted by Gasteiger charge is -2.20. The van der Waals surface area contributed by atoms with Gasteiger partial charge in [0.1, 0.15) is 0 Å². The predicted octanol–water partition coefficient (Wildman–Crippen LogP) is 3.12. The van der Waals surface area contributed by atoms with Gasteiger partial charge in [0, 0.05) is 13.1 Å². The van der Waals surface area contributed by atoms with E-state index in [0.717, 1.165) is 36.4 Å². The molecule has 0 saturated heterocycles. The highest BCUT2D eigenvalue weighted by Crippen LogP contribution is 2.19. The van der Waals surface area contributed by atoms with Crippen molar-refractivity contribution in [3.63, 3.8) is 0 Å².